The van der Waals surface area contributed by atoms with Crippen LogP contribution in [0.3, 0.4) is 0 Å². The number of aryl methyl sites for hydroxylation is 1. The van der Waals surface area contributed by atoms with Crippen molar-refractivity contribution in [3.8, 4) is 0 Å². The van der Waals surface area contributed by atoms with Gasteiger partial charge in [0, 0.05) is 16.2 Å². The zero-order valence-electron chi connectivity index (χ0n) is 8.62. The molecule has 78 valence electrons. The second-order valence-corrected chi connectivity index (χ2v) is 4.91. The van der Waals surface area contributed by atoms with E-state index in [4.69, 9.17) is 5.11 Å². The van der Waals surface area contributed by atoms with E-state index in [1.165, 1.54) is 9.75 Å². The molecular weight excluding hydrogens is 196 g/mol. The number of thiophene rings is 1. The van der Waals surface area contributed by atoms with Crippen molar-refractivity contribution in [2.75, 3.05) is 0 Å². The van der Waals surface area contributed by atoms with Crippen LogP contribution in [-0.4, -0.2) is 11.1 Å². The van der Waals surface area contributed by atoms with Crippen molar-refractivity contribution in [1.82, 2.24) is 0 Å². The third-order valence-corrected chi connectivity index (χ3v) is 3.51. The Morgan fingerprint density at radius 3 is 2.71 bits per heavy atom. The smallest absolute Gasteiger partial charge is 0.303 e. The van der Waals surface area contributed by atoms with Gasteiger partial charge in [0.05, 0.1) is 0 Å². The zero-order valence-corrected chi connectivity index (χ0v) is 9.43. The highest BCUT2D eigenvalue weighted by Gasteiger charge is 2.04. The van der Waals surface area contributed by atoms with Crippen molar-refractivity contribution in [3.63, 3.8) is 0 Å². The summed E-state index contributed by atoms with van der Waals surface area (Å²) in [4.78, 5) is 13.0. The predicted octanol–water partition coefficient (Wildman–Crippen LogP) is 3.28. The Kier molecular flexibility index (Phi) is 4.14. The Labute approximate surface area is 88.6 Å². The topological polar surface area (TPSA) is 37.3 Å². The normalized spacial score (nSPS) is 10.8. The first-order chi connectivity index (χ1) is 6.59. The molecule has 1 aromatic heterocycles. The van der Waals surface area contributed by atoms with Crippen molar-refractivity contribution in [2.24, 2.45) is 0 Å². The van der Waals surface area contributed by atoms with Gasteiger partial charge in [0.25, 0.3) is 0 Å². The fourth-order valence-electron chi connectivity index (χ4n) is 1.25. The molecule has 1 heterocycles. The summed E-state index contributed by atoms with van der Waals surface area (Å²) in [7, 11) is 0. The Hall–Kier alpha value is -0.830. The van der Waals surface area contributed by atoms with Crippen molar-refractivity contribution in [2.45, 2.75) is 39.0 Å². The largest absolute Gasteiger partial charge is 0.481 e. The second kappa shape index (κ2) is 5.15. The van der Waals surface area contributed by atoms with Gasteiger partial charge < -0.3 is 5.11 Å². The van der Waals surface area contributed by atoms with Crippen molar-refractivity contribution in [3.05, 3.63) is 21.9 Å². The van der Waals surface area contributed by atoms with Crippen LogP contribution in [0.5, 0.6) is 0 Å². The molecule has 2 nitrogen and oxygen atoms in total. The first kappa shape index (κ1) is 11.2. The Morgan fingerprint density at radius 2 is 2.21 bits per heavy atom. The minimum atomic E-state index is -0.703. The first-order valence-electron chi connectivity index (χ1n) is 4.90. The summed E-state index contributed by atoms with van der Waals surface area (Å²) >= 11 is 1.80. The van der Waals surface area contributed by atoms with Crippen molar-refractivity contribution < 1.29 is 9.90 Å². The highest BCUT2D eigenvalue weighted by Crippen LogP contribution is 2.25. The molecule has 0 radical (unpaired) electrons. The van der Waals surface area contributed by atoms with E-state index in [2.05, 4.69) is 26.0 Å². The third-order valence-electron chi connectivity index (χ3n) is 2.07. The zero-order chi connectivity index (χ0) is 10.6. The molecule has 0 aliphatic rings. The van der Waals surface area contributed by atoms with E-state index in [-0.39, 0.29) is 6.42 Å². The summed E-state index contributed by atoms with van der Waals surface area (Å²) in [6.07, 6.45) is 1.91. The molecule has 0 spiro atoms. The quantitative estimate of drug-likeness (QED) is 0.813. The molecule has 0 bridgehead atoms. The average molecular weight is 212 g/mol. The van der Waals surface area contributed by atoms with Gasteiger partial charge >= 0.3 is 5.97 Å². The number of rotatable bonds is 5. The minimum Gasteiger partial charge on any atom is -0.481 e. The van der Waals surface area contributed by atoms with Crippen LogP contribution in [0.2, 0.25) is 0 Å². The lowest BCUT2D eigenvalue weighted by Crippen LogP contribution is -1.94. The number of carboxylic acids is 1. The Morgan fingerprint density at radius 1 is 1.50 bits per heavy atom. The van der Waals surface area contributed by atoms with Crippen LogP contribution in [0.4, 0.5) is 0 Å². The molecule has 14 heavy (non-hydrogen) atoms. The lowest BCUT2D eigenvalue weighted by atomic mass is 10.2. The standard InChI is InChI=1S/C11H16O2S/c1-8(2)10-7-6-9(14-10)4-3-5-11(12)13/h6-8H,3-5H2,1-2H3,(H,12,13). The van der Waals surface area contributed by atoms with E-state index in [0.717, 1.165) is 12.8 Å². The molecule has 0 fully saturated rings. The van der Waals surface area contributed by atoms with Gasteiger partial charge in [-0.05, 0) is 30.9 Å². The van der Waals surface area contributed by atoms with Crippen LogP contribution in [0, 0.1) is 0 Å². The molecule has 0 amide bonds. The molecule has 0 aliphatic carbocycles. The average Bonchev–Trinajstić information content (AvgIpc) is 2.52. The van der Waals surface area contributed by atoms with Gasteiger partial charge in [-0.3, -0.25) is 4.79 Å². The van der Waals surface area contributed by atoms with Crippen LogP contribution in [-0.2, 0) is 11.2 Å². The summed E-state index contributed by atoms with van der Waals surface area (Å²) < 4.78 is 0. The molecule has 0 aliphatic heterocycles. The molecule has 3 heteroatoms. The molecule has 0 unspecified atom stereocenters. The van der Waals surface area contributed by atoms with Crippen LogP contribution in [0.25, 0.3) is 0 Å². The Bertz CT molecular complexity index is 302. The van der Waals surface area contributed by atoms with Gasteiger partial charge in [0.15, 0.2) is 0 Å². The fourth-order valence-corrected chi connectivity index (χ4v) is 2.31. The monoisotopic (exact) mass is 212 g/mol. The molecule has 1 aromatic rings. The van der Waals surface area contributed by atoms with Crippen molar-refractivity contribution in [1.29, 1.82) is 0 Å². The van der Waals surface area contributed by atoms with Crippen molar-refractivity contribution >= 4 is 17.3 Å². The highest BCUT2D eigenvalue weighted by molar-refractivity contribution is 7.12. The predicted molar refractivity (Wildman–Crippen MR) is 59.0 cm³/mol. The third kappa shape index (κ3) is 3.50. The van der Waals surface area contributed by atoms with E-state index in [1.54, 1.807) is 11.3 Å². The number of hydrogen-bond donors (Lipinski definition) is 1. The minimum absolute atomic E-state index is 0.273. The summed E-state index contributed by atoms with van der Waals surface area (Å²) in [5, 5.41) is 8.49. The van der Waals surface area contributed by atoms with Gasteiger partial charge in [0.2, 0.25) is 0 Å². The summed E-state index contributed by atoms with van der Waals surface area (Å²) in [6, 6.07) is 4.26. The van der Waals surface area contributed by atoms with Gasteiger partial charge in [-0.2, -0.15) is 0 Å². The highest BCUT2D eigenvalue weighted by atomic mass is 32.1. The molecule has 1 N–H and O–H groups in total. The molecule has 0 saturated heterocycles. The SMILES string of the molecule is CC(C)c1ccc(CCCC(=O)O)s1. The summed E-state index contributed by atoms with van der Waals surface area (Å²) in [5.74, 6) is -0.126. The number of hydrogen-bond acceptors (Lipinski definition) is 2. The summed E-state index contributed by atoms with van der Waals surface area (Å²) in [6.45, 7) is 4.35. The molecule has 0 saturated carbocycles. The molecule has 0 atom stereocenters. The van der Waals surface area contributed by atoms with Crippen LogP contribution >= 0.6 is 11.3 Å². The van der Waals surface area contributed by atoms with E-state index in [9.17, 15) is 4.79 Å². The van der Waals surface area contributed by atoms with Gasteiger partial charge in [-0.1, -0.05) is 13.8 Å². The maximum Gasteiger partial charge on any atom is 0.303 e. The first-order valence-corrected chi connectivity index (χ1v) is 5.71. The number of aliphatic carboxylic acids is 1. The van der Waals surface area contributed by atoms with E-state index in [1.807, 2.05) is 0 Å². The molecule has 0 aromatic carbocycles. The lowest BCUT2D eigenvalue weighted by Gasteiger charge is -1.98. The van der Waals surface area contributed by atoms with E-state index >= 15 is 0 Å². The Balaban J connectivity index is 2.40. The number of carboxylic acid groups (broad SMARTS) is 1. The molecular formula is C11H16O2S. The maximum absolute atomic E-state index is 10.3. The van der Waals surface area contributed by atoms with Gasteiger partial charge in [-0.25, -0.2) is 0 Å². The number of carbonyl (C=O) groups is 1. The molecule has 1 rings (SSSR count). The summed E-state index contributed by atoms with van der Waals surface area (Å²) in [5.41, 5.74) is 0. The van der Waals surface area contributed by atoms with Crippen LogP contribution in [0.15, 0.2) is 12.1 Å². The maximum atomic E-state index is 10.3. The lowest BCUT2D eigenvalue weighted by molar-refractivity contribution is -0.137. The van der Waals surface area contributed by atoms with Gasteiger partial charge in [0.1, 0.15) is 0 Å². The van der Waals surface area contributed by atoms with Gasteiger partial charge in [-0.15, -0.1) is 11.3 Å². The second-order valence-electron chi connectivity index (χ2n) is 3.71. The van der Waals surface area contributed by atoms with Crippen LogP contribution in [0.1, 0.15) is 42.4 Å². The van der Waals surface area contributed by atoms with Crippen LogP contribution < -0.4 is 0 Å². The van der Waals surface area contributed by atoms with E-state index in [0.29, 0.717) is 5.92 Å². The fraction of sp³-hybridized carbons (Fsp3) is 0.545. The van der Waals surface area contributed by atoms with E-state index < -0.39 is 5.97 Å².